The summed E-state index contributed by atoms with van der Waals surface area (Å²) in [4.78, 5) is 3.54. The van der Waals surface area contributed by atoms with E-state index in [2.05, 4.69) is 4.90 Å². The predicted octanol–water partition coefficient (Wildman–Crippen LogP) is 1.72. The average Bonchev–Trinajstić information content (AvgIpc) is 2.83. The molecule has 2 fully saturated rings. The Morgan fingerprint density at radius 1 is 1.00 bits per heavy atom. The Hall–Kier alpha value is -0.330. The van der Waals surface area contributed by atoms with E-state index >= 15 is 0 Å². The van der Waals surface area contributed by atoms with Gasteiger partial charge in [0.2, 0.25) is 0 Å². The number of piperazine rings is 1. The summed E-state index contributed by atoms with van der Waals surface area (Å²) in [6.07, 6.45) is 0.162. The largest absolute Gasteiger partial charge is 0.401 e. The Balaban J connectivity index is 1.68. The van der Waals surface area contributed by atoms with Gasteiger partial charge >= 0.3 is 6.18 Å². The van der Waals surface area contributed by atoms with Gasteiger partial charge in [-0.2, -0.15) is 13.2 Å². The number of hydrogen-bond acceptors (Lipinski definition) is 3. The van der Waals surface area contributed by atoms with Gasteiger partial charge in [-0.3, -0.25) is 9.80 Å². The molecule has 19 heavy (non-hydrogen) atoms. The molecule has 2 aliphatic rings. The van der Waals surface area contributed by atoms with Crippen molar-refractivity contribution in [3.05, 3.63) is 0 Å². The van der Waals surface area contributed by atoms with Crippen molar-refractivity contribution in [3.63, 3.8) is 0 Å². The monoisotopic (exact) mass is 280 g/mol. The quantitative estimate of drug-likeness (QED) is 0.849. The molecule has 0 bridgehead atoms. The van der Waals surface area contributed by atoms with Gasteiger partial charge in [0.15, 0.2) is 0 Å². The topological polar surface area (TPSA) is 26.7 Å². The summed E-state index contributed by atoms with van der Waals surface area (Å²) >= 11 is 0. The number of alkyl halides is 3. The molecule has 0 aromatic carbocycles. The second-order valence-corrected chi connectivity index (χ2v) is 5.80. The minimum Gasteiger partial charge on any atom is -0.392 e. The zero-order chi connectivity index (χ0) is 13.9. The van der Waals surface area contributed by atoms with Crippen LogP contribution in [0.1, 0.15) is 25.7 Å². The van der Waals surface area contributed by atoms with E-state index in [1.54, 1.807) is 0 Å². The lowest BCUT2D eigenvalue weighted by Gasteiger charge is -2.36. The Morgan fingerprint density at radius 3 is 2.05 bits per heavy atom. The lowest BCUT2D eigenvalue weighted by Crippen LogP contribution is -2.51. The van der Waals surface area contributed by atoms with Crippen molar-refractivity contribution in [2.24, 2.45) is 5.92 Å². The van der Waals surface area contributed by atoms with E-state index in [1.165, 1.54) is 17.7 Å². The number of aliphatic hydroxyl groups excluding tert-OH is 1. The van der Waals surface area contributed by atoms with Gasteiger partial charge in [0.05, 0.1) is 12.6 Å². The van der Waals surface area contributed by atoms with Gasteiger partial charge in [-0.1, -0.05) is 12.8 Å². The summed E-state index contributed by atoms with van der Waals surface area (Å²) in [5, 5.41) is 10.1. The van der Waals surface area contributed by atoms with E-state index in [9.17, 15) is 18.3 Å². The second-order valence-electron chi connectivity index (χ2n) is 5.80. The van der Waals surface area contributed by atoms with E-state index in [0.717, 1.165) is 12.8 Å². The molecule has 1 aliphatic heterocycles. The fourth-order valence-electron chi connectivity index (χ4n) is 3.14. The third-order valence-electron chi connectivity index (χ3n) is 4.26. The molecule has 1 atom stereocenters. The molecule has 6 heteroatoms. The molecule has 1 N–H and O–H groups in total. The molecule has 1 saturated heterocycles. The fourth-order valence-corrected chi connectivity index (χ4v) is 3.14. The van der Waals surface area contributed by atoms with Crippen molar-refractivity contribution in [2.75, 3.05) is 39.3 Å². The lowest BCUT2D eigenvalue weighted by molar-refractivity contribution is -0.149. The first-order valence-corrected chi connectivity index (χ1v) is 7.13. The Kier molecular flexibility index (Phi) is 5.09. The van der Waals surface area contributed by atoms with Crippen LogP contribution in [-0.4, -0.2) is 66.5 Å². The Morgan fingerprint density at radius 2 is 1.53 bits per heavy atom. The summed E-state index contributed by atoms with van der Waals surface area (Å²) < 4.78 is 36.8. The maximum atomic E-state index is 12.3. The molecule has 112 valence electrons. The highest BCUT2D eigenvalue weighted by atomic mass is 19.4. The molecule has 0 aromatic rings. The molecule has 0 radical (unpaired) electrons. The van der Waals surface area contributed by atoms with Crippen LogP contribution in [0.3, 0.4) is 0 Å². The third-order valence-corrected chi connectivity index (χ3v) is 4.26. The minimum atomic E-state index is -4.11. The van der Waals surface area contributed by atoms with Crippen LogP contribution in [0.4, 0.5) is 13.2 Å². The SMILES string of the molecule is OC(CN1CCN(CC(F)(F)F)CC1)C1CCCC1. The highest BCUT2D eigenvalue weighted by Crippen LogP contribution is 2.28. The van der Waals surface area contributed by atoms with E-state index in [4.69, 9.17) is 0 Å². The molecular weight excluding hydrogens is 257 g/mol. The van der Waals surface area contributed by atoms with E-state index in [1.807, 2.05) is 0 Å². The number of halogens is 3. The first-order chi connectivity index (χ1) is 8.94. The van der Waals surface area contributed by atoms with Crippen molar-refractivity contribution in [1.82, 2.24) is 9.80 Å². The molecular formula is C13H23F3N2O. The van der Waals surface area contributed by atoms with Gasteiger partial charge in [-0.15, -0.1) is 0 Å². The molecule has 2 rings (SSSR count). The summed E-state index contributed by atoms with van der Waals surface area (Å²) in [7, 11) is 0. The van der Waals surface area contributed by atoms with Gasteiger partial charge in [0, 0.05) is 32.7 Å². The van der Waals surface area contributed by atoms with Crippen LogP contribution in [0.2, 0.25) is 0 Å². The van der Waals surface area contributed by atoms with Crippen molar-refractivity contribution in [1.29, 1.82) is 0 Å². The Labute approximate surface area is 112 Å². The van der Waals surface area contributed by atoms with Crippen LogP contribution in [0.15, 0.2) is 0 Å². The van der Waals surface area contributed by atoms with Crippen LogP contribution in [0, 0.1) is 5.92 Å². The molecule has 1 heterocycles. The van der Waals surface area contributed by atoms with Crippen molar-refractivity contribution < 1.29 is 18.3 Å². The van der Waals surface area contributed by atoms with Gasteiger partial charge in [-0.25, -0.2) is 0 Å². The van der Waals surface area contributed by atoms with Gasteiger partial charge in [-0.05, 0) is 18.8 Å². The molecule has 1 saturated carbocycles. The molecule has 0 spiro atoms. The first-order valence-electron chi connectivity index (χ1n) is 7.13. The van der Waals surface area contributed by atoms with Gasteiger partial charge < -0.3 is 5.11 Å². The van der Waals surface area contributed by atoms with E-state index in [-0.39, 0.29) is 6.10 Å². The maximum Gasteiger partial charge on any atom is 0.401 e. The predicted molar refractivity (Wildman–Crippen MR) is 66.9 cm³/mol. The second kappa shape index (κ2) is 6.41. The highest BCUT2D eigenvalue weighted by Gasteiger charge is 2.33. The molecule has 3 nitrogen and oxygen atoms in total. The number of rotatable bonds is 4. The van der Waals surface area contributed by atoms with Crippen LogP contribution in [-0.2, 0) is 0 Å². The van der Waals surface area contributed by atoms with Crippen LogP contribution >= 0.6 is 0 Å². The molecule has 0 amide bonds. The Bertz CT molecular complexity index is 272. The highest BCUT2D eigenvalue weighted by molar-refractivity contribution is 4.80. The minimum absolute atomic E-state index is 0.309. The van der Waals surface area contributed by atoms with E-state index < -0.39 is 12.7 Å². The number of β-amino-alcohol motifs (C(OH)–C–C–N with tert-alkyl or cyclic N) is 1. The lowest BCUT2D eigenvalue weighted by atomic mass is 10.0. The third kappa shape index (κ3) is 4.93. The average molecular weight is 280 g/mol. The van der Waals surface area contributed by atoms with Crippen LogP contribution < -0.4 is 0 Å². The first kappa shape index (κ1) is 15.1. The summed E-state index contributed by atoms with van der Waals surface area (Å²) in [5.41, 5.74) is 0. The summed E-state index contributed by atoms with van der Waals surface area (Å²) in [6.45, 7) is 1.93. The fraction of sp³-hybridized carbons (Fsp3) is 1.00. The van der Waals surface area contributed by atoms with Crippen LogP contribution in [0.5, 0.6) is 0 Å². The van der Waals surface area contributed by atoms with Crippen molar-refractivity contribution >= 4 is 0 Å². The number of nitrogens with zero attached hydrogens (tertiary/aromatic N) is 2. The van der Waals surface area contributed by atoms with Gasteiger partial charge in [0.25, 0.3) is 0 Å². The van der Waals surface area contributed by atoms with Crippen LogP contribution in [0.25, 0.3) is 0 Å². The zero-order valence-corrected chi connectivity index (χ0v) is 11.2. The molecule has 1 unspecified atom stereocenters. The molecule has 0 aromatic heterocycles. The smallest absolute Gasteiger partial charge is 0.392 e. The zero-order valence-electron chi connectivity index (χ0n) is 11.2. The van der Waals surface area contributed by atoms with Crippen molar-refractivity contribution in [2.45, 2.75) is 38.0 Å². The van der Waals surface area contributed by atoms with Crippen molar-refractivity contribution in [3.8, 4) is 0 Å². The summed E-state index contributed by atoms with van der Waals surface area (Å²) in [5.74, 6) is 0.396. The van der Waals surface area contributed by atoms with Gasteiger partial charge in [0.1, 0.15) is 0 Å². The number of aliphatic hydroxyl groups is 1. The number of hydrogen-bond donors (Lipinski definition) is 1. The normalized spacial score (nSPS) is 25.9. The maximum absolute atomic E-state index is 12.3. The van der Waals surface area contributed by atoms with E-state index in [0.29, 0.717) is 38.6 Å². The standard InChI is InChI=1S/C13H23F3N2O/c14-13(15,16)10-18-7-5-17(6-8-18)9-12(19)11-3-1-2-4-11/h11-12,19H,1-10H2. The molecule has 1 aliphatic carbocycles. The summed E-state index contributed by atoms with van der Waals surface area (Å²) in [6, 6.07) is 0.